The molecule has 5 heteroatoms. The van der Waals surface area contributed by atoms with Crippen molar-refractivity contribution in [1.29, 1.82) is 0 Å². The number of halogens is 3. The third kappa shape index (κ3) is 1.90. The van der Waals surface area contributed by atoms with Gasteiger partial charge in [0.05, 0.1) is 5.92 Å². The van der Waals surface area contributed by atoms with E-state index in [1.54, 1.807) is 12.3 Å². The Bertz CT molecular complexity index is 487. The first kappa shape index (κ1) is 11.0. The van der Waals surface area contributed by atoms with Crippen molar-refractivity contribution in [1.82, 2.24) is 4.98 Å². The van der Waals surface area contributed by atoms with Gasteiger partial charge in [0.2, 0.25) is 0 Å². The second-order valence-electron chi connectivity index (χ2n) is 3.65. The molecular weight excluding hydrogens is 217 g/mol. The first-order valence-electron chi connectivity index (χ1n) is 4.86. The Hall–Kier alpha value is -1.49. The van der Waals surface area contributed by atoms with E-state index in [9.17, 15) is 13.2 Å². The molecule has 0 saturated carbocycles. The van der Waals surface area contributed by atoms with Crippen molar-refractivity contribution in [2.75, 3.05) is 6.54 Å². The number of rotatable bonds is 2. The van der Waals surface area contributed by atoms with E-state index in [2.05, 4.69) is 4.98 Å². The summed E-state index contributed by atoms with van der Waals surface area (Å²) in [6.45, 7) is -0.435. The van der Waals surface area contributed by atoms with Crippen LogP contribution >= 0.6 is 0 Å². The van der Waals surface area contributed by atoms with Gasteiger partial charge in [-0.2, -0.15) is 13.2 Å². The maximum atomic E-state index is 12.6. The minimum atomic E-state index is -4.30. The van der Waals surface area contributed by atoms with Crippen molar-refractivity contribution in [3.05, 3.63) is 36.0 Å². The Morgan fingerprint density at radius 3 is 2.62 bits per heavy atom. The normalized spacial score (nSPS) is 14.2. The van der Waals surface area contributed by atoms with Crippen molar-refractivity contribution in [3.63, 3.8) is 0 Å². The van der Waals surface area contributed by atoms with E-state index < -0.39 is 18.6 Å². The Labute approximate surface area is 90.3 Å². The highest BCUT2D eigenvalue weighted by Crippen LogP contribution is 2.34. The van der Waals surface area contributed by atoms with Crippen LogP contribution in [0.15, 0.2) is 30.5 Å². The summed E-state index contributed by atoms with van der Waals surface area (Å²) in [5, 5.41) is 0.890. The Morgan fingerprint density at radius 2 is 2.00 bits per heavy atom. The number of alkyl halides is 3. The van der Waals surface area contributed by atoms with Crippen molar-refractivity contribution >= 4 is 10.9 Å². The number of aromatic amines is 1. The van der Waals surface area contributed by atoms with Gasteiger partial charge in [0.1, 0.15) is 0 Å². The standard InChI is InChI=1S/C11H11F3N2/c12-11(13,14)9(6-15)8-2-1-7-3-4-16-10(7)5-8/h1-5,9,16H,6,15H2. The highest BCUT2D eigenvalue weighted by molar-refractivity contribution is 5.80. The van der Waals surface area contributed by atoms with E-state index in [1.807, 2.05) is 6.07 Å². The summed E-state index contributed by atoms with van der Waals surface area (Å²) in [6.07, 6.45) is -2.60. The molecule has 1 atom stereocenters. The van der Waals surface area contributed by atoms with Gasteiger partial charge in [-0.3, -0.25) is 0 Å². The minimum Gasteiger partial charge on any atom is -0.361 e. The molecule has 3 N–H and O–H groups in total. The van der Waals surface area contributed by atoms with Crippen LogP contribution in [0.4, 0.5) is 13.2 Å². The Kier molecular flexibility index (Phi) is 2.63. The molecule has 0 radical (unpaired) electrons. The number of nitrogens with two attached hydrogens (primary N) is 1. The Morgan fingerprint density at radius 1 is 1.25 bits per heavy atom. The fraction of sp³-hybridized carbons (Fsp3) is 0.273. The van der Waals surface area contributed by atoms with Gasteiger partial charge in [0, 0.05) is 18.3 Å². The molecule has 0 bridgehead atoms. The molecule has 1 aromatic carbocycles. The average molecular weight is 228 g/mol. The average Bonchev–Trinajstić information content (AvgIpc) is 2.63. The number of fused-ring (bicyclic) bond motifs is 1. The predicted molar refractivity (Wildman–Crippen MR) is 56.1 cm³/mol. The molecule has 0 amide bonds. The van der Waals surface area contributed by atoms with Crippen molar-refractivity contribution in [2.24, 2.45) is 5.73 Å². The van der Waals surface area contributed by atoms with Crippen LogP contribution in [-0.4, -0.2) is 17.7 Å². The molecule has 2 nitrogen and oxygen atoms in total. The summed E-state index contributed by atoms with van der Waals surface area (Å²) in [5.74, 6) is -1.60. The molecular formula is C11H11F3N2. The number of aromatic nitrogens is 1. The van der Waals surface area contributed by atoms with Gasteiger partial charge in [0.25, 0.3) is 0 Å². The van der Waals surface area contributed by atoms with E-state index in [4.69, 9.17) is 5.73 Å². The Balaban J connectivity index is 2.45. The fourth-order valence-corrected chi connectivity index (χ4v) is 1.74. The SMILES string of the molecule is NCC(c1ccc2cc[nH]c2c1)C(F)(F)F. The summed E-state index contributed by atoms with van der Waals surface area (Å²) >= 11 is 0. The lowest BCUT2D eigenvalue weighted by Gasteiger charge is -2.18. The molecule has 16 heavy (non-hydrogen) atoms. The van der Waals surface area contributed by atoms with Gasteiger partial charge < -0.3 is 10.7 Å². The summed E-state index contributed by atoms with van der Waals surface area (Å²) in [4.78, 5) is 2.88. The lowest BCUT2D eigenvalue weighted by Crippen LogP contribution is -2.27. The van der Waals surface area contributed by atoms with Crippen LogP contribution in [0.3, 0.4) is 0 Å². The second-order valence-corrected chi connectivity index (χ2v) is 3.65. The number of hydrogen-bond acceptors (Lipinski definition) is 1. The van der Waals surface area contributed by atoms with Crippen LogP contribution in [-0.2, 0) is 0 Å². The molecule has 1 unspecified atom stereocenters. The second kappa shape index (κ2) is 3.83. The summed E-state index contributed by atoms with van der Waals surface area (Å²) in [5.41, 5.74) is 6.07. The monoisotopic (exact) mass is 228 g/mol. The predicted octanol–water partition coefficient (Wildman–Crippen LogP) is 2.77. The summed E-state index contributed by atoms with van der Waals surface area (Å²) in [6, 6.07) is 6.45. The van der Waals surface area contributed by atoms with Gasteiger partial charge in [-0.25, -0.2) is 0 Å². The minimum absolute atomic E-state index is 0.199. The highest BCUT2D eigenvalue weighted by atomic mass is 19.4. The van der Waals surface area contributed by atoms with Crippen LogP contribution in [0.5, 0.6) is 0 Å². The zero-order chi connectivity index (χ0) is 11.8. The zero-order valence-corrected chi connectivity index (χ0v) is 8.38. The van der Waals surface area contributed by atoms with Gasteiger partial charge in [0.15, 0.2) is 0 Å². The van der Waals surface area contributed by atoms with Crippen LogP contribution in [0.2, 0.25) is 0 Å². The third-order valence-electron chi connectivity index (χ3n) is 2.61. The van der Waals surface area contributed by atoms with Gasteiger partial charge in [-0.1, -0.05) is 12.1 Å². The van der Waals surface area contributed by atoms with E-state index in [0.717, 1.165) is 5.39 Å². The lowest BCUT2D eigenvalue weighted by molar-refractivity contribution is -0.148. The van der Waals surface area contributed by atoms with E-state index in [-0.39, 0.29) is 5.56 Å². The molecule has 0 fully saturated rings. The van der Waals surface area contributed by atoms with Crippen LogP contribution in [0, 0.1) is 0 Å². The van der Waals surface area contributed by atoms with E-state index in [0.29, 0.717) is 5.52 Å². The number of nitrogens with one attached hydrogen (secondary N) is 1. The fourth-order valence-electron chi connectivity index (χ4n) is 1.74. The van der Waals surface area contributed by atoms with Crippen LogP contribution < -0.4 is 5.73 Å². The first-order chi connectivity index (χ1) is 7.52. The van der Waals surface area contributed by atoms with Crippen molar-refractivity contribution in [3.8, 4) is 0 Å². The molecule has 2 aromatic rings. The molecule has 1 aromatic heterocycles. The smallest absolute Gasteiger partial charge is 0.361 e. The number of H-pyrrole nitrogens is 1. The molecule has 0 saturated heterocycles. The quantitative estimate of drug-likeness (QED) is 0.815. The van der Waals surface area contributed by atoms with Gasteiger partial charge in [-0.05, 0) is 23.1 Å². The molecule has 86 valence electrons. The molecule has 0 aliphatic heterocycles. The van der Waals surface area contributed by atoms with Gasteiger partial charge in [-0.15, -0.1) is 0 Å². The molecule has 0 spiro atoms. The van der Waals surface area contributed by atoms with Gasteiger partial charge >= 0.3 is 6.18 Å². The van der Waals surface area contributed by atoms with Crippen LogP contribution in [0.1, 0.15) is 11.5 Å². The summed E-state index contributed by atoms with van der Waals surface area (Å²) in [7, 11) is 0. The lowest BCUT2D eigenvalue weighted by atomic mass is 9.98. The number of hydrogen-bond donors (Lipinski definition) is 2. The largest absolute Gasteiger partial charge is 0.396 e. The first-order valence-corrected chi connectivity index (χ1v) is 4.86. The highest BCUT2D eigenvalue weighted by Gasteiger charge is 2.39. The summed E-state index contributed by atoms with van der Waals surface area (Å²) < 4.78 is 37.9. The van der Waals surface area contributed by atoms with Crippen molar-refractivity contribution < 1.29 is 13.2 Å². The maximum absolute atomic E-state index is 12.6. The molecule has 0 aliphatic carbocycles. The third-order valence-corrected chi connectivity index (χ3v) is 2.61. The number of benzene rings is 1. The maximum Gasteiger partial charge on any atom is 0.396 e. The molecule has 1 heterocycles. The molecule has 2 rings (SSSR count). The zero-order valence-electron chi connectivity index (χ0n) is 8.38. The van der Waals surface area contributed by atoms with E-state index >= 15 is 0 Å². The molecule has 0 aliphatic rings. The van der Waals surface area contributed by atoms with Crippen molar-refractivity contribution in [2.45, 2.75) is 12.1 Å². The topological polar surface area (TPSA) is 41.8 Å². The van der Waals surface area contributed by atoms with E-state index in [1.165, 1.54) is 12.1 Å². The van der Waals surface area contributed by atoms with Crippen LogP contribution in [0.25, 0.3) is 10.9 Å².